The highest BCUT2D eigenvalue weighted by molar-refractivity contribution is 5.71. The molecule has 0 N–H and O–H groups in total. The van der Waals surface area contributed by atoms with Crippen LogP contribution in [0.15, 0.2) is 12.2 Å². The van der Waals surface area contributed by atoms with Crippen molar-refractivity contribution in [3.63, 3.8) is 0 Å². The molecular weight excluding hydrogens is 805 g/mol. The molecule has 0 saturated heterocycles. The van der Waals surface area contributed by atoms with Crippen LogP contribution in [0.3, 0.4) is 0 Å². The summed E-state index contributed by atoms with van der Waals surface area (Å²) in [4.78, 5) is 38.1. The molecule has 0 aromatic carbocycles. The summed E-state index contributed by atoms with van der Waals surface area (Å²) in [6.07, 6.45) is 62.0. The van der Waals surface area contributed by atoms with Crippen LogP contribution in [0.5, 0.6) is 0 Å². The van der Waals surface area contributed by atoms with E-state index in [1.54, 1.807) is 0 Å². The number of allylic oxidation sites excluding steroid dienone is 2. The normalized spacial score (nSPS) is 12.0. The Kier molecular flexibility index (Phi) is 53.2. The fourth-order valence-corrected chi connectivity index (χ4v) is 8.85. The molecule has 0 heterocycles. The summed E-state index contributed by atoms with van der Waals surface area (Å²) in [5.74, 6) is -0.842. The van der Waals surface area contributed by atoms with E-state index in [0.29, 0.717) is 19.3 Å². The van der Waals surface area contributed by atoms with Crippen molar-refractivity contribution in [1.82, 2.24) is 0 Å². The average Bonchev–Trinajstić information content (AvgIpc) is 3.30. The molecule has 1 atom stereocenters. The second-order valence-electron chi connectivity index (χ2n) is 19.9. The maximum Gasteiger partial charge on any atom is 0.306 e. The lowest BCUT2D eigenvalue weighted by atomic mass is 10.0. The molecule has 0 aromatic heterocycles. The molecule has 0 rings (SSSR count). The van der Waals surface area contributed by atoms with Gasteiger partial charge in [0.1, 0.15) is 13.2 Å². The van der Waals surface area contributed by atoms with Crippen LogP contribution >= 0.6 is 0 Å². The zero-order chi connectivity index (χ0) is 47.2. The lowest BCUT2D eigenvalue weighted by molar-refractivity contribution is -0.167. The summed E-state index contributed by atoms with van der Waals surface area (Å²) < 4.78 is 16.9. The van der Waals surface area contributed by atoms with Gasteiger partial charge in [0, 0.05) is 19.3 Å². The summed E-state index contributed by atoms with van der Waals surface area (Å²) in [6.45, 7) is 6.69. The third kappa shape index (κ3) is 53.0. The van der Waals surface area contributed by atoms with Gasteiger partial charge in [0.15, 0.2) is 6.10 Å². The van der Waals surface area contributed by atoms with E-state index >= 15 is 0 Å². The zero-order valence-corrected chi connectivity index (χ0v) is 44.0. The number of ether oxygens (including phenoxy) is 3. The van der Waals surface area contributed by atoms with E-state index in [1.165, 1.54) is 231 Å². The van der Waals surface area contributed by atoms with Crippen molar-refractivity contribution >= 4 is 17.9 Å². The van der Waals surface area contributed by atoms with Crippen LogP contribution in [0.1, 0.15) is 329 Å². The Morgan fingerprint density at radius 3 is 0.769 bits per heavy atom. The Morgan fingerprint density at radius 1 is 0.292 bits per heavy atom. The van der Waals surface area contributed by atoms with Crippen molar-refractivity contribution in [3.8, 4) is 0 Å². The molecule has 0 aliphatic rings. The largest absolute Gasteiger partial charge is 0.462 e. The Hall–Kier alpha value is -1.85. The molecule has 0 fully saturated rings. The molecule has 384 valence electrons. The second kappa shape index (κ2) is 54.8. The van der Waals surface area contributed by atoms with Crippen LogP contribution in [-0.2, 0) is 28.6 Å². The number of carbonyl (C=O) groups is 3. The van der Waals surface area contributed by atoms with E-state index in [1.807, 2.05) is 0 Å². The van der Waals surface area contributed by atoms with Crippen LogP contribution < -0.4 is 0 Å². The highest BCUT2D eigenvalue weighted by atomic mass is 16.6. The highest BCUT2D eigenvalue weighted by Gasteiger charge is 2.19. The lowest BCUT2D eigenvalue weighted by Gasteiger charge is -2.18. The molecule has 6 nitrogen and oxygen atoms in total. The minimum absolute atomic E-state index is 0.0644. The van der Waals surface area contributed by atoms with Crippen molar-refractivity contribution in [2.45, 2.75) is 335 Å². The van der Waals surface area contributed by atoms with Crippen molar-refractivity contribution < 1.29 is 28.6 Å². The van der Waals surface area contributed by atoms with E-state index in [0.717, 1.165) is 57.8 Å². The Labute approximate surface area is 405 Å². The fraction of sp³-hybridized carbons (Fsp3) is 0.915. The van der Waals surface area contributed by atoms with E-state index in [9.17, 15) is 14.4 Å². The van der Waals surface area contributed by atoms with E-state index < -0.39 is 6.10 Å². The zero-order valence-electron chi connectivity index (χ0n) is 44.0. The number of rotatable bonds is 54. The number of hydrogen-bond donors (Lipinski definition) is 0. The van der Waals surface area contributed by atoms with Crippen molar-refractivity contribution in [2.24, 2.45) is 0 Å². The number of unbranched alkanes of at least 4 members (excludes halogenated alkanes) is 41. The van der Waals surface area contributed by atoms with Gasteiger partial charge in [-0.3, -0.25) is 14.4 Å². The highest BCUT2D eigenvalue weighted by Crippen LogP contribution is 2.17. The quantitative estimate of drug-likeness (QED) is 0.0262. The Bertz CT molecular complexity index is 1010. The minimum atomic E-state index is -0.764. The van der Waals surface area contributed by atoms with E-state index in [-0.39, 0.29) is 31.1 Å². The average molecular weight is 918 g/mol. The van der Waals surface area contributed by atoms with Gasteiger partial charge in [0.2, 0.25) is 0 Å². The Morgan fingerprint density at radius 2 is 0.508 bits per heavy atom. The standard InChI is InChI=1S/C59H112O6/c1-4-7-10-13-16-19-22-25-27-28-29-30-32-34-37-40-43-46-49-52-58(61)64-55-56(54-63-57(60)51-48-45-42-39-36-33-24-21-18-15-12-9-6-3)65-59(62)53-50-47-44-41-38-35-31-26-23-20-17-14-11-8-5-2/h25,27,56H,4-24,26,28-55H2,1-3H3/b27-25+/t56-/m1/s1. The van der Waals surface area contributed by atoms with Gasteiger partial charge in [0.25, 0.3) is 0 Å². The van der Waals surface area contributed by atoms with Crippen molar-refractivity contribution in [3.05, 3.63) is 12.2 Å². The molecule has 0 saturated carbocycles. The maximum atomic E-state index is 12.8. The van der Waals surface area contributed by atoms with Gasteiger partial charge in [0.05, 0.1) is 0 Å². The molecular formula is C59H112O6. The van der Waals surface area contributed by atoms with Gasteiger partial charge in [-0.15, -0.1) is 0 Å². The van der Waals surface area contributed by atoms with Gasteiger partial charge in [-0.2, -0.15) is 0 Å². The molecule has 0 radical (unpaired) electrons. The van der Waals surface area contributed by atoms with Gasteiger partial charge >= 0.3 is 17.9 Å². The van der Waals surface area contributed by atoms with Gasteiger partial charge in [-0.25, -0.2) is 0 Å². The number of carbonyl (C=O) groups excluding carboxylic acids is 3. The van der Waals surface area contributed by atoms with Crippen LogP contribution in [0.4, 0.5) is 0 Å². The molecule has 0 amide bonds. The van der Waals surface area contributed by atoms with Crippen molar-refractivity contribution in [1.29, 1.82) is 0 Å². The summed E-state index contributed by atoms with van der Waals surface area (Å²) in [5, 5.41) is 0. The Balaban J connectivity index is 4.29. The summed E-state index contributed by atoms with van der Waals surface area (Å²) in [6, 6.07) is 0. The molecule has 65 heavy (non-hydrogen) atoms. The smallest absolute Gasteiger partial charge is 0.306 e. The fourth-order valence-electron chi connectivity index (χ4n) is 8.85. The van der Waals surface area contributed by atoms with Gasteiger partial charge in [-0.05, 0) is 44.9 Å². The molecule has 0 aliphatic carbocycles. The number of esters is 3. The summed E-state index contributed by atoms with van der Waals surface area (Å²) in [5.41, 5.74) is 0. The minimum Gasteiger partial charge on any atom is -0.462 e. The van der Waals surface area contributed by atoms with Gasteiger partial charge in [-0.1, -0.05) is 277 Å². The first-order valence-corrected chi connectivity index (χ1v) is 29.2. The first kappa shape index (κ1) is 63.1. The third-order valence-corrected chi connectivity index (χ3v) is 13.3. The van der Waals surface area contributed by atoms with Crippen LogP contribution in [0, 0.1) is 0 Å². The second-order valence-corrected chi connectivity index (χ2v) is 19.9. The summed E-state index contributed by atoms with van der Waals surface area (Å²) in [7, 11) is 0. The molecule has 0 spiro atoms. The first-order chi connectivity index (χ1) is 32.0. The number of hydrogen-bond acceptors (Lipinski definition) is 6. The SMILES string of the molecule is CCCCCCCC/C=C/CCCCCCCCCCCC(=O)OC[C@@H](COC(=O)CCCCCCCCCCCCCCC)OC(=O)CCCCCCCCCCCCCCCCC. The lowest BCUT2D eigenvalue weighted by Crippen LogP contribution is -2.30. The van der Waals surface area contributed by atoms with Crippen LogP contribution in [-0.4, -0.2) is 37.2 Å². The van der Waals surface area contributed by atoms with Crippen LogP contribution in [0.2, 0.25) is 0 Å². The molecule has 0 bridgehead atoms. The van der Waals surface area contributed by atoms with E-state index in [4.69, 9.17) is 14.2 Å². The third-order valence-electron chi connectivity index (χ3n) is 13.3. The molecule has 6 heteroatoms. The van der Waals surface area contributed by atoms with Crippen molar-refractivity contribution in [2.75, 3.05) is 13.2 Å². The van der Waals surface area contributed by atoms with E-state index in [2.05, 4.69) is 32.9 Å². The summed E-state index contributed by atoms with van der Waals surface area (Å²) >= 11 is 0. The predicted molar refractivity (Wildman–Crippen MR) is 280 cm³/mol. The topological polar surface area (TPSA) is 78.9 Å². The van der Waals surface area contributed by atoms with Gasteiger partial charge < -0.3 is 14.2 Å². The molecule has 0 unspecified atom stereocenters. The van der Waals surface area contributed by atoms with Crippen LogP contribution in [0.25, 0.3) is 0 Å². The molecule has 0 aliphatic heterocycles. The molecule has 0 aromatic rings. The maximum absolute atomic E-state index is 12.8. The monoisotopic (exact) mass is 917 g/mol. The predicted octanol–water partition coefficient (Wildman–Crippen LogP) is 19.3. The first-order valence-electron chi connectivity index (χ1n) is 29.2.